The maximum atomic E-state index is 12.0. The largest absolute Gasteiger partial charge is 0.338 e. The lowest BCUT2D eigenvalue weighted by molar-refractivity contribution is 0.235. The van der Waals surface area contributed by atoms with Crippen LogP contribution in [-0.4, -0.2) is 33.8 Å². The number of nitrogens with one attached hydrogen (secondary N) is 3. The van der Waals surface area contributed by atoms with E-state index in [-0.39, 0.29) is 12.1 Å². The molecule has 2 aromatic rings. The SMILES string of the molecule is Cc1nc(C)c(CCNC(=O)N[C@@H]2CCc3cn[nH]c3C2)s1. The zero-order chi connectivity index (χ0) is 15.5. The Morgan fingerprint density at radius 2 is 2.36 bits per heavy atom. The summed E-state index contributed by atoms with van der Waals surface area (Å²) in [6.07, 6.45) is 5.48. The van der Waals surface area contributed by atoms with E-state index in [1.807, 2.05) is 20.0 Å². The maximum absolute atomic E-state index is 12.0. The van der Waals surface area contributed by atoms with Gasteiger partial charge in [0, 0.05) is 36.0 Å². The molecule has 22 heavy (non-hydrogen) atoms. The first-order valence-corrected chi connectivity index (χ1v) is 8.42. The first-order valence-electron chi connectivity index (χ1n) is 7.60. The van der Waals surface area contributed by atoms with Gasteiger partial charge in [0.05, 0.1) is 16.9 Å². The molecule has 0 bridgehead atoms. The molecule has 3 rings (SSSR count). The number of amides is 2. The molecule has 0 spiro atoms. The van der Waals surface area contributed by atoms with Crippen LogP contribution in [0.15, 0.2) is 6.20 Å². The number of rotatable bonds is 4. The molecule has 0 unspecified atom stereocenters. The number of thiazole rings is 1. The minimum absolute atomic E-state index is 0.0909. The van der Waals surface area contributed by atoms with Gasteiger partial charge in [-0.15, -0.1) is 11.3 Å². The van der Waals surface area contributed by atoms with Gasteiger partial charge in [-0.2, -0.15) is 5.10 Å². The van der Waals surface area contributed by atoms with E-state index in [0.717, 1.165) is 42.1 Å². The Kier molecular flexibility index (Phi) is 4.42. The zero-order valence-corrected chi connectivity index (χ0v) is 13.7. The predicted molar refractivity (Wildman–Crippen MR) is 86.2 cm³/mol. The van der Waals surface area contributed by atoms with Crippen LogP contribution < -0.4 is 10.6 Å². The summed E-state index contributed by atoms with van der Waals surface area (Å²) in [5, 5.41) is 14.1. The number of carbonyl (C=O) groups excluding carboxylic acids is 1. The van der Waals surface area contributed by atoms with Gasteiger partial charge >= 0.3 is 6.03 Å². The van der Waals surface area contributed by atoms with E-state index >= 15 is 0 Å². The van der Waals surface area contributed by atoms with Gasteiger partial charge in [0.15, 0.2) is 0 Å². The van der Waals surface area contributed by atoms with Gasteiger partial charge in [-0.3, -0.25) is 5.10 Å². The van der Waals surface area contributed by atoms with Crippen molar-refractivity contribution in [3.8, 4) is 0 Å². The highest BCUT2D eigenvalue weighted by Crippen LogP contribution is 2.19. The van der Waals surface area contributed by atoms with E-state index in [4.69, 9.17) is 0 Å². The molecule has 2 amide bonds. The highest BCUT2D eigenvalue weighted by Gasteiger charge is 2.21. The Balaban J connectivity index is 1.42. The fourth-order valence-corrected chi connectivity index (χ4v) is 3.80. The molecule has 2 aromatic heterocycles. The van der Waals surface area contributed by atoms with Gasteiger partial charge < -0.3 is 10.6 Å². The Bertz CT molecular complexity index is 663. The maximum Gasteiger partial charge on any atom is 0.315 e. The summed E-state index contributed by atoms with van der Waals surface area (Å²) >= 11 is 1.70. The Morgan fingerprint density at radius 3 is 3.14 bits per heavy atom. The normalized spacial score (nSPS) is 17.1. The van der Waals surface area contributed by atoms with Gasteiger partial charge in [0.25, 0.3) is 0 Å². The lowest BCUT2D eigenvalue weighted by Gasteiger charge is -2.22. The van der Waals surface area contributed by atoms with Crippen LogP contribution in [0.2, 0.25) is 0 Å². The van der Waals surface area contributed by atoms with Crippen LogP contribution >= 0.6 is 11.3 Å². The van der Waals surface area contributed by atoms with Gasteiger partial charge in [0.1, 0.15) is 0 Å². The molecule has 118 valence electrons. The number of aromatic amines is 1. The van der Waals surface area contributed by atoms with Crippen LogP contribution in [0.3, 0.4) is 0 Å². The molecule has 1 atom stereocenters. The lowest BCUT2D eigenvalue weighted by Crippen LogP contribution is -2.45. The third-order valence-corrected chi connectivity index (χ3v) is 5.13. The summed E-state index contributed by atoms with van der Waals surface area (Å²) < 4.78 is 0. The molecule has 1 aliphatic rings. The lowest BCUT2D eigenvalue weighted by atomic mass is 9.94. The minimum atomic E-state index is -0.0909. The van der Waals surface area contributed by atoms with Crippen molar-refractivity contribution in [1.29, 1.82) is 0 Å². The van der Waals surface area contributed by atoms with Crippen LogP contribution in [0.1, 0.15) is 33.3 Å². The molecule has 0 aromatic carbocycles. The number of aryl methyl sites for hydroxylation is 3. The first-order chi connectivity index (χ1) is 10.6. The van der Waals surface area contributed by atoms with Crippen LogP contribution in [0.25, 0.3) is 0 Å². The van der Waals surface area contributed by atoms with Gasteiger partial charge in [-0.05, 0) is 32.3 Å². The molecular weight excluding hydrogens is 298 g/mol. The number of fused-ring (bicyclic) bond motifs is 1. The number of hydrogen-bond donors (Lipinski definition) is 3. The van der Waals surface area contributed by atoms with Crippen molar-refractivity contribution in [3.63, 3.8) is 0 Å². The van der Waals surface area contributed by atoms with E-state index in [9.17, 15) is 4.79 Å². The molecule has 0 fully saturated rings. The quantitative estimate of drug-likeness (QED) is 0.804. The molecule has 0 radical (unpaired) electrons. The van der Waals surface area contributed by atoms with Crippen LogP contribution in [0.4, 0.5) is 4.79 Å². The summed E-state index contributed by atoms with van der Waals surface area (Å²) in [5.74, 6) is 0. The van der Waals surface area contributed by atoms with Crippen molar-refractivity contribution in [2.24, 2.45) is 0 Å². The molecule has 0 saturated carbocycles. The summed E-state index contributed by atoms with van der Waals surface area (Å²) in [6, 6.07) is 0.0900. The number of nitrogens with zero attached hydrogens (tertiary/aromatic N) is 2. The highest BCUT2D eigenvalue weighted by atomic mass is 32.1. The Labute approximate surface area is 133 Å². The standard InChI is InChI=1S/C15H21N5OS/c1-9-14(22-10(2)18-9)5-6-16-15(21)19-12-4-3-11-8-17-20-13(11)7-12/h8,12H,3-7H2,1-2H3,(H,17,20)(H2,16,19,21)/t12-/m1/s1. The van der Waals surface area contributed by atoms with Gasteiger partial charge in [-0.1, -0.05) is 0 Å². The van der Waals surface area contributed by atoms with Crippen molar-refractivity contribution in [2.75, 3.05) is 6.54 Å². The summed E-state index contributed by atoms with van der Waals surface area (Å²) in [4.78, 5) is 17.6. The number of carbonyl (C=O) groups is 1. The van der Waals surface area contributed by atoms with E-state index < -0.39 is 0 Å². The monoisotopic (exact) mass is 319 g/mol. The Hall–Kier alpha value is -1.89. The smallest absolute Gasteiger partial charge is 0.315 e. The second-order valence-electron chi connectivity index (χ2n) is 5.71. The molecule has 2 heterocycles. The summed E-state index contributed by atoms with van der Waals surface area (Å²) in [6.45, 7) is 4.66. The fourth-order valence-electron chi connectivity index (χ4n) is 2.86. The van der Waals surface area contributed by atoms with Crippen molar-refractivity contribution in [2.45, 2.75) is 45.6 Å². The third kappa shape index (κ3) is 3.47. The van der Waals surface area contributed by atoms with Crippen molar-refractivity contribution >= 4 is 17.4 Å². The molecular formula is C15H21N5OS. The Morgan fingerprint density at radius 1 is 1.50 bits per heavy atom. The van der Waals surface area contributed by atoms with Crippen molar-refractivity contribution in [1.82, 2.24) is 25.8 Å². The molecule has 3 N–H and O–H groups in total. The molecule has 1 aliphatic carbocycles. The zero-order valence-electron chi connectivity index (χ0n) is 12.9. The second-order valence-corrected chi connectivity index (χ2v) is 6.99. The fraction of sp³-hybridized carbons (Fsp3) is 0.533. The second kappa shape index (κ2) is 6.48. The number of urea groups is 1. The average Bonchev–Trinajstić information content (AvgIpc) is 3.05. The minimum Gasteiger partial charge on any atom is -0.338 e. The van der Waals surface area contributed by atoms with E-state index in [0.29, 0.717) is 6.54 Å². The van der Waals surface area contributed by atoms with E-state index in [1.165, 1.54) is 10.4 Å². The summed E-state index contributed by atoms with van der Waals surface area (Å²) in [7, 11) is 0. The van der Waals surface area contributed by atoms with Crippen molar-refractivity contribution < 1.29 is 4.79 Å². The molecule has 0 aliphatic heterocycles. The van der Waals surface area contributed by atoms with E-state index in [1.54, 1.807) is 11.3 Å². The highest BCUT2D eigenvalue weighted by molar-refractivity contribution is 7.11. The third-order valence-electron chi connectivity index (χ3n) is 3.99. The molecule has 6 nitrogen and oxygen atoms in total. The topological polar surface area (TPSA) is 82.7 Å². The van der Waals surface area contributed by atoms with Crippen molar-refractivity contribution in [3.05, 3.63) is 33.0 Å². The molecule has 7 heteroatoms. The number of H-pyrrole nitrogens is 1. The van der Waals surface area contributed by atoms with Gasteiger partial charge in [0.2, 0.25) is 0 Å². The van der Waals surface area contributed by atoms with Gasteiger partial charge in [-0.25, -0.2) is 9.78 Å². The molecule has 0 saturated heterocycles. The van der Waals surface area contributed by atoms with Crippen LogP contribution in [0.5, 0.6) is 0 Å². The van der Waals surface area contributed by atoms with E-state index in [2.05, 4.69) is 25.8 Å². The first kappa shape index (κ1) is 15.0. The van der Waals surface area contributed by atoms with Crippen LogP contribution in [0, 0.1) is 13.8 Å². The predicted octanol–water partition coefficient (Wildman–Crippen LogP) is 1.88. The number of hydrogen-bond acceptors (Lipinski definition) is 4. The van der Waals surface area contributed by atoms with Crippen LogP contribution in [-0.2, 0) is 19.3 Å². The number of aromatic nitrogens is 3. The summed E-state index contributed by atoms with van der Waals surface area (Å²) in [5.41, 5.74) is 3.49. The average molecular weight is 319 g/mol.